The van der Waals surface area contributed by atoms with E-state index >= 15 is 0 Å². The molecule has 0 aromatic heterocycles. The maximum absolute atomic E-state index is 10.7. The lowest BCUT2D eigenvalue weighted by Crippen LogP contribution is -2.42. The highest BCUT2D eigenvalue weighted by Crippen LogP contribution is 2.24. The molecule has 3 N–H and O–H groups in total. The van der Waals surface area contributed by atoms with Gasteiger partial charge in [-0.3, -0.25) is 10.1 Å². The van der Waals surface area contributed by atoms with E-state index in [1.165, 1.54) is 18.2 Å². The Labute approximate surface area is 112 Å². The molecule has 0 amide bonds. The van der Waals surface area contributed by atoms with Crippen LogP contribution in [0.1, 0.15) is 32.3 Å². The Morgan fingerprint density at radius 2 is 2.16 bits per heavy atom. The first-order valence-corrected chi connectivity index (χ1v) is 6.24. The van der Waals surface area contributed by atoms with Crippen molar-refractivity contribution >= 4 is 5.69 Å². The van der Waals surface area contributed by atoms with Crippen LogP contribution in [0.5, 0.6) is 5.75 Å². The van der Waals surface area contributed by atoms with Crippen molar-refractivity contribution in [3.8, 4) is 5.75 Å². The van der Waals surface area contributed by atoms with E-state index in [9.17, 15) is 15.2 Å². The van der Waals surface area contributed by atoms with E-state index in [4.69, 9.17) is 5.11 Å². The molecule has 0 saturated carbocycles. The van der Waals surface area contributed by atoms with Crippen molar-refractivity contribution in [1.29, 1.82) is 0 Å². The fraction of sp³-hybridized carbons (Fsp3) is 0.538. The van der Waals surface area contributed by atoms with Gasteiger partial charge in [0.25, 0.3) is 5.69 Å². The summed E-state index contributed by atoms with van der Waals surface area (Å²) in [7, 11) is 0. The van der Waals surface area contributed by atoms with E-state index in [1.54, 1.807) is 0 Å². The molecule has 1 aromatic carbocycles. The number of hydrogen-bond acceptors (Lipinski definition) is 5. The number of nitro benzene ring substituents is 1. The molecule has 6 heteroatoms. The molecular weight excluding hydrogens is 248 g/mol. The van der Waals surface area contributed by atoms with Gasteiger partial charge in [0.05, 0.1) is 4.92 Å². The smallest absolute Gasteiger partial charge is 0.270 e. The highest BCUT2D eigenvalue weighted by molar-refractivity contribution is 5.42. The number of non-ortho nitro benzene ring substituents is 1. The molecule has 1 unspecified atom stereocenters. The summed E-state index contributed by atoms with van der Waals surface area (Å²) in [5.41, 5.74) is 0.174. The molecule has 0 heterocycles. The average molecular weight is 268 g/mol. The van der Waals surface area contributed by atoms with Crippen molar-refractivity contribution in [3.05, 3.63) is 33.9 Å². The summed E-state index contributed by atoms with van der Waals surface area (Å²) in [4.78, 5) is 10.2. The van der Waals surface area contributed by atoms with E-state index in [2.05, 4.69) is 5.32 Å². The topological polar surface area (TPSA) is 95.6 Å². The number of nitrogens with one attached hydrogen (secondary N) is 1. The molecule has 106 valence electrons. The van der Waals surface area contributed by atoms with E-state index in [-0.39, 0.29) is 23.6 Å². The molecule has 6 nitrogen and oxygen atoms in total. The zero-order chi connectivity index (χ0) is 14.5. The van der Waals surface area contributed by atoms with Crippen LogP contribution in [0.2, 0.25) is 0 Å². The van der Waals surface area contributed by atoms with Gasteiger partial charge in [0, 0.05) is 36.4 Å². The number of phenols is 1. The number of nitro groups is 1. The van der Waals surface area contributed by atoms with Crippen LogP contribution in [-0.2, 0) is 6.54 Å². The normalized spacial score (nSPS) is 14.1. The summed E-state index contributed by atoms with van der Waals surface area (Å²) in [5.74, 6) is 0.0283. The molecule has 0 spiro atoms. The van der Waals surface area contributed by atoms with Crippen LogP contribution in [-0.4, -0.2) is 27.3 Å². The Bertz CT molecular complexity index is 450. The number of aromatic hydroxyl groups is 1. The number of phenolic OH excluding ortho intramolecular Hbond substituents is 1. The number of rotatable bonds is 7. The second kappa shape index (κ2) is 6.49. The molecule has 0 radical (unpaired) electrons. The van der Waals surface area contributed by atoms with Gasteiger partial charge in [-0.1, -0.05) is 6.92 Å². The van der Waals surface area contributed by atoms with Gasteiger partial charge in [-0.25, -0.2) is 0 Å². The van der Waals surface area contributed by atoms with E-state index in [0.29, 0.717) is 18.5 Å². The molecule has 0 aliphatic rings. The van der Waals surface area contributed by atoms with Crippen LogP contribution in [0.25, 0.3) is 0 Å². The summed E-state index contributed by atoms with van der Waals surface area (Å²) in [6.45, 7) is 4.35. The number of benzene rings is 1. The minimum absolute atomic E-state index is 0.0283. The lowest BCUT2D eigenvalue weighted by Gasteiger charge is -2.29. The summed E-state index contributed by atoms with van der Waals surface area (Å²) in [6.07, 6.45) is 1.39. The predicted octanol–water partition coefficient (Wildman–Crippen LogP) is 1.94. The average Bonchev–Trinajstić information content (AvgIpc) is 2.38. The first-order valence-electron chi connectivity index (χ1n) is 6.24. The number of nitrogens with zero attached hydrogens (tertiary/aromatic N) is 1. The van der Waals surface area contributed by atoms with Crippen LogP contribution in [0, 0.1) is 10.1 Å². The highest BCUT2D eigenvalue weighted by Gasteiger charge is 2.21. The molecule has 1 atom stereocenters. The molecule has 1 rings (SSSR count). The predicted molar refractivity (Wildman–Crippen MR) is 72.0 cm³/mol. The van der Waals surface area contributed by atoms with E-state index < -0.39 is 4.92 Å². The largest absolute Gasteiger partial charge is 0.508 e. The quantitative estimate of drug-likeness (QED) is 0.519. The Kier molecular flexibility index (Phi) is 5.26. The van der Waals surface area contributed by atoms with E-state index in [1.807, 2.05) is 13.8 Å². The fourth-order valence-electron chi connectivity index (χ4n) is 1.77. The van der Waals surface area contributed by atoms with Crippen molar-refractivity contribution in [3.63, 3.8) is 0 Å². The monoisotopic (exact) mass is 268 g/mol. The minimum Gasteiger partial charge on any atom is -0.508 e. The number of aliphatic hydroxyl groups is 1. The molecule has 0 saturated heterocycles. The summed E-state index contributed by atoms with van der Waals surface area (Å²) in [6, 6.07) is 3.95. The standard InChI is InChI=1S/C13H20N2O4/c1-3-13(2,6-7-16)14-9-10-8-11(15(18)19)4-5-12(10)17/h4-5,8,14,16-17H,3,6-7,9H2,1-2H3. The maximum Gasteiger partial charge on any atom is 0.270 e. The summed E-state index contributed by atoms with van der Waals surface area (Å²) in [5, 5.41) is 32.6. The minimum atomic E-state index is -0.490. The van der Waals surface area contributed by atoms with Crippen LogP contribution in [0.4, 0.5) is 5.69 Å². The SMILES string of the molecule is CCC(C)(CCO)NCc1cc([N+](=O)[O-])ccc1O. The lowest BCUT2D eigenvalue weighted by atomic mass is 9.94. The second-order valence-corrected chi connectivity index (χ2v) is 4.81. The summed E-state index contributed by atoms with van der Waals surface area (Å²) >= 11 is 0. The highest BCUT2D eigenvalue weighted by atomic mass is 16.6. The van der Waals surface area contributed by atoms with Crippen molar-refractivity contribution in [1.82, 2.24) is 5.32 Å². The van der Waals surface area contributed by atoms with Crippen LogP contribution < -0.4 is 5.32 Å². The van der Waals surface area contributed by atoms with Gasteiger partial charge in [0.15, 0.2) is 0 Å². The lowest BCUT2D eigenvalue weighted by molar-refractivity contribution is -0.384. The van der Waals surface area contributed by atoms with Gasteiger partial charge in [0.2, 0.25) is 0 Å². The van der Waals surface area contributed by atoms with Gasteiger partial charge in [-0.05, 0) is 25.8 Å². The number of aliphatic hydroxyl groups excluding tert-OH is 1. The third-order valence-corrected chi connectivity index (χ3v) is 3.42. The molecule has 0 fully saturated rings. The second-order valence-electron chi connectivity index (χ2n) is 4.81. The third-order valence-electron chi connectivity index (χ3n) is 3.42. The first-order chi connectivity index (χ1) is 8.91. The molecule has 1 aromatic rings. The van der Waals surface area contributed by atoms with Crippen LogP contribution in [0.15, 0.2) is 18.2 Å². The molecule has 0 aliphatic heterocycles. The Morgan fingerprint density at radius 3 is 2.68 bits per heavy atom. The first kappa shape index (κ1) is 15.4. The zero-order valence-electron chi connectivity index (χ0n) is 11.2. The summed E-state index contributed by atoms with van der Waals surface area (Å²) < 4.78 is 0. The molecule has 0 bridgehead atoms. The Balaban J connectivity index is 2.81. The van der Waals surface area contributed by atoms with Crippen molar-refractivity contribution in [2.45, 2.75) is 38.8 Å². The maximum atomic E-state index is 10.7. The molecule has 19 heavy (non-hydrogen) atoms. The fourth-order valence-corrected chi connectivity index (χ4v) is 1.77. The van der Waals surface area contributed by atoms with Gasteiger partial charge in [0.1, 0.15) is 5.75 Å². The third kappa shape index (κ3) is 4.18. The van der Waals surface area contributed by atoms with Crippen molar-refractivity contribution in [2.75, 3.05) is 6.61 Å². The zero-order valence-corrected chi connectivity index (χ0v) is 11.2. The Morgan fingerprint density at radius 1 is 1.47 bits per heavy atom. The van der Waals surface area contributed by atoms with Gasteiger partial charge in [-0.15, -0.1) is 0 Å². The van der Waals surface area contributed by atoms with Crippen molar-refractivity contribution < 1.29 is 15.1 Å². The van der Waals surface area contributed by atoms with Gasteiger partial charge >= 0.3 is 0 Å². The number of hydrogen-bond donors (Lipinski definition) is 3. The van der Waals surface area contributed by atoms with Gasteiger partial charge < -0.3 is 15.5 Å². The molecular formula is C13H20N2O4. The van der Waals surface area contributed by atoms with E-state index in [0.717, 1.165) is 6.42 Å². The van der Waals surface area contributed by atoms with Gasteiger partial charge in [-0.2, -0.15) is 0 Å². The Hall–Kier alpha value is -1.66. The van der Waals surface area contributed by atoms with Crippen molar-refractivity contribution in [2.24, 2.45) is 0 Å². The van der Waals surface area contributed by atoms with Crippen LogP contribution >= 0.6 is 0 Å². The van der Waals surface area contributed by atoms with Crippen LogP contribution in [0.3, 0.4) is 0 Å². The molecule has 0 aliphatic carbocycles.